The maximum absolute atomic E-state index is 12.6. The van der Waals surface area contributed by atoms with Crippen molar-refractivity contribution >= 4 is 67.6 Å². The van der Waals surface area contributed by atoms with Gasteiger partial charge in [-0.2, -0.15) is 0 Å². The Morgan fingerprint density at radius 3 is 2.69 bits per heavy atom. The molecular weight excluding hydrogens is 455 g/mol. The summed E-state index contributed by atoms with van der Waals surface area (Å²) in [6, 6.07) is 9.53. The Morgan fingerprint density at radius 1 is 1.31 bits per heavy atom. The first kappa shape index (κ1) is 21.9. The van der Waals surface area contributed by atoms with Crippen LogP contribution in [0.5, 0.6) is 0 Å². The van der Waals surface area contributed by atoms with E-state index in [2.05, 4.69) is 10.3 Å². The predicted molar refractivity (Wildman–Crippen MR) is 117 cm³/mol. The Morgan fingerprint density at radius 2 is 2.03 bits per heavy atom. The van der Waals surface area contributed by atoms with Crippen LogP contribution in [0.15, 0.2) is 46.5 Å². The summed E-state index contributed by atoms with van der Waals surface area (Å²) in [5.74, 6) is -0.265. The number of nitrogens with zero attached hydrogens (tertiary/aromatic N) is 2. The van der Waals surface area contributed by atoms with Crippen LogP contribution in [0.3, 0.4) is 0 Å². The summed E-state index contributed by atoms with van der Waals surface area (Å²) < 4.78 is 25.1. The number of amides is 1. The highest BCUT2D eigenvalue weighted by atomic mass is 35.5. The molecule has 29 heavy (non-hydrogen) atoms. The quantitative estimate of drug-likeness (QED) is 0.524. The van der Waals surface area contributed by atoms with E-state index in [4.69, 9.17) is 28.3 Å². The molecule has 0 aliphatic rings. The number of fused-ring (bicyclic) bond motifs is 1. The molecule has 2 aromatic carbocycles. The first-order valence-electron chi connectivity index (χ1n) is 8.56. The number of carbonyl (C=O) groups is 1. The SMILES string of the molecule is CCn1c(S[C@@H](C)C(=O)Nc2cccc(Cl)c2Cl)nc2cc(S(N)(=O)=O)ccc21. The molecular formula is C18H18Cl2N4O3S2. The van der Waals surface area contributed by atoms with Gasteiger partial charge in [0.2, 0.25) is 15.9 Å². The number of aromatic nitrogens is 2. The van der Waals surface area contributed by atoms with Gasteiger partial charge in [0.05, 0.1) is 36.9 Å². The van der Waals surface area contributed by atoms with E-state index in [9.17, 15) is 13.2 Å². The highest BCUT2D eigenvalue weighted by molar-refractivity contribution is 8.00. The fraction of sp³-hybridized carbons (Fsp3) is 0.222. The molecule has 3 rings (SSSR count). The summed E-state index contributed by atoms with van der Waals surface area (Å²) in [5.41, 5.74) is 1.68. The maximum Gasteiger partial charge on any atom is 0.238 e. The normalized spacial score (nSPS) is 12.9. The molecule has 0 saturated carbocycles. The zero-order valence-corrected chi connectivity index (χ0v) is 18.7. The lowest BCUT2D eigenvalue weighted by Gasteiger charge is -2.13. The fourth-order valence-corrected chi connectivity index (χ4v) is 4.58. The summed E-state index contributed by atoms with van der Waals surface area (Å²) in [6.45, 7) is 4.28. The van der Waals surface area contributed by atoms with Gasteiger partial charge in [-0.3, -0.25) is 4.79 Å². The molecule has 0 spiro atoms. The summed E-state index contributed by atoms with van der Waals surface area (Å²) >= 11 is 13.4. The molecule has 3 aromatic rings. The molecule has 0 saturated heterocycles. The van der Waals surface area contributed by atoms with Gasteiger partial charge in [-0.25, -0.2) is 18.5 Å². The van der Waals surface area contributed by atoms with Crippen molar-refractivity contribution in [2.75, 3.05) is 5.32 Å². The maximum atomic E-state index is 12.6. The zero-order valence-electron chi connectivity index (χ0n) is 15.5. The number of aryl methyl sites for hydroxylation is 1. The Labute approximate surface area is 182 Å². The smallest absolute Gasteiger partial charge is 0.238 e. The third-order valence-electron chi connectivity index (χ3n) is 4.19. The molecule has 0 bridgehead atoms. The number of sulfonamides is 1. The predicted octanol–water partition coefficient (Wildman–Crippen LogP) is 4.13. The van der Waals surface area contributed by atoms with Crippen LogP contribution >= 0.6 is 35.0 Å². The van der Waals surface area contributed by atoms with Gasteiger partial charge >= 0.3 is 0 Å². The second-order valence-corrected chi connectivity index (χ2v) is 9.84. The van der Waals surface area contributed by atoms with Crippen molar-refractivity contribution < 1.29 is 13.2 Å². The van der Waals surface area contributed by atoms with Crippen LogP contribution in [0.25, 0.3) is 11.0 Å². The minimum atomic E-state index is -3.83. The average molecular weight is 473 g/mol. The van der Waals surface area contributed by atoms with E-state index in [1.165, 1.54) is 23.9 Å². The molecule has 1 atom stereocenters. The number of anilines is 1. The zero-order chi connectivity index (χ0) is 21.3. The molecule has 0 aliphatic carbocycles. The van der Waals surface area contributed by atoms with Crippen LogP contribution in [-0.4, -0.2) is 29.1 Å². The largest absolute Gasteiger partial charge is 0.324 e. The summed E-state index contributed by atoms with van der Waals surface area (Å²) in [5, 5.41) is 8.68. The van der Waals surface area contributed by atoms with E-state index in [0.717, 1.165) is 5.52 Å². The van der Waals surface area contributed by atoms with E-state index in [0.29, 0.717) is 27.9 Å². The molecule has 3 N–H and O–H groups in total. The second-order valence-electron chi connectivity index (χ2n) is 6.18. The molecule has 1 heterocycles. The van der Waals surface area contributed by atoms with Gasteiger partial charge in [0.15, 0.2) is 5.16 Å². The molecule has 0 fully saturated rings. The third-order valence-corrected chi connectivity index (χ3v) is 7.01. The van der Waals surface area contributed by atoms with Gasteiger partial charge in [0.25, 0.3) is 0 Å². The molecule has 7 nitrogen and oxygen atoms in total. The van der Waals surface area contributed by atoms with Crippen molar-refractivity contribution in [3.8, 4) is 0 Å². The topological polar surface area (TPSA) is 107 Å². The Bertz CT molecular complexity index is 1200. The number of thioether (sulfide) groups is 1. The number of primary sulfonamides is 1. The number of hydrogen-bond donors (Lipinski definition) is 2. The third kappa shape index (κ3) is 4.70. The summed E-state index contributed by atoms with van der Waals surface area (Å²) in [7, 11) is -3.83. The average Bonchev–Trinajstić information content (AvgIpc) is 3.00. The Hall–Kier alpha value is -1.78. The second kappa shape index (κ2) is 8.53. The van der Waals surface area contributed by atoms with Crippen LogP contribution in [-0.2, 0) is 21.4 Å². The van der Waals surface area contributed by atoms with Crippen molar-refractivity contribution in [2.24, 2.45) is 5.14 Å². The number of imidazole rings is 1. The van der Waals surface area contributed by atoms with Crippen molar-refractivity contribution in [1.82, 2.24) is 9.55 Å². The Kier molecular flexibility index (Phi) is 6.45. The molecule has 154 valence electrons. The number of nitrogens with two attached hydrogens (primary N) is 1. The monoisotopic (exact) mass is 472 g/mol. The van der Waals surface area contributed by atoms with E-state index < -0.39 is 15.3 Å². The molecule has 1 aromatic heterocycles. The minimum absolute atomic E-state index is 0.0105. The van der Waals surface area contributed by atoms with Crippen LogP contribution in [0.1, 0.15) is 13.8 Å². The lowest BCUT2D eigenvalue weighted by molar-refractivity contribution is -0.115. The van der Waals surface area contributed by atoms with Crippen LogP contribution in [0.4, 0.5) is 5.69 Å². The van der Waals surface area contributed by atoms with Gasteiger partial charge in [0.1, 0.15) is 0 Å². The molecule has 0 unspecified atom stereocenters. The van der Waals surface area contributed by atoms with Crippen LogP contribution < -0.4 is 10.5 Å². The number of hydrogen-bond acceptors (Lipinski definition) is 5. The van der Waals surface area contributed by atoms with Crippen molar-refractivity contribution in [2.45, 2.75) is 35.7 Å². The summed E-state index contributed by atoms with van der Waals surface area (Å²) in [6.07, 6.45) is 0. The minimum Gasteiger partial charge on any atom is -0.324 e. The van der Waals surface area contributed by atoms with E-state index in [-0.39, 0.29) is 15.8 Å². The number of carbonyl (C=O) groups excluding carboxylic acids is 1. The van der Waals surface area contributed by atoms with Gasteiger partial charge < -0.3 is 9.88 Å². The van der Waals surface area contributed by atoms with Gasteiger partial charge in [-0.05, 0) is 44.2 Å². The van der Waals surface area contributed by atoms with E-state index >= 15 is 0 Å². The van der Waals surface area contributed by atoms with E-state index in [1.54, 1.807) is 31.2 Å². The highest BCUT2D eigenvalue weighted by Gasteiger charge is 2.21. The van der Waals surface area contributed by atoms with Crippen molar-refractivity contribution in [3.63, 3.8) is 0 Å². The molecule has 11 heteroatoms. The lowest BCUT2D eigenvalue weighted by Crippen LogP contribution is -2.23. The standard InChI is InChI=1S/C18H18Cl2N4O3S2/c1-3-24-15-8-7-11(29(21,26)27)9-14(15)23-18(24)28-10(2)17(25)22-13-6-4-5-12(19)16(13)20/h4-10H,3H2,1-2H3,(H,22,25)(H2,21,26,27)/t10-/m0/s1. The highest BCUT2D eigenvalue weighted by Crippen LogP contribution is 2.32. The van der Waals surface area contributed by atoms with Gasteiger partial charge in [-0.15, -0.1) is 0 Å². The van der Waals surface area contributed by atoms with E-state index in [1.807, 2.05) is 11.5 Å². The fourth-order valence-electron chi connectivity index (χ4n) is 2.71. The van der Waals surface area contributed by atoms with Gasteiger partial charge in [0, 0.05) is 6.54 Å². The first-order valence-corrected chi connectivity index (χ1v) is 11.7. The van der Waals surface area contributed by atoms with Crippen LogP contribution in [0, 0.1) is 0 Å². The molecule has 0 aliphatic heterocycles. The number of halogens is 2. The first-order chi connectivity index (χ1) is 13.6. The molecule has 0 radical (unpaired) electrons. The van der Waals surface area contributed by atoms with Crippen molar-refractivity contribution in [1.29, 1.82) is 0 Å². The van der Waals surface area contributed by atoms with Crippen molar-refractivity contribution in [3.05, 3.63) is 46.4 Å². The number of nitrogens with one attached hydrogen (secondary N) is 1. The number of rotatable bonds is 6. The lowest BCUT2D eigenvalue weighted by atomic mass is 10.3. The number of benzene rings is 2. The van der Waals surface area contributed by atoms with Crippen LogP contribution in [0.2, 0.25) is 10.0 Å². The summed E-state index contributed by atoms with van der Waals surface area (Å²) in [4.78, 5) is 17.1. The van der Waals surface area contributed by atoms with Gasteiger partial charge in [-0.1, -0.05) is 41.0 Å². The molecule has 1 amide bonds. The Balaban J connectivity index is 1.86.